The summed E-state index contributed by atoms with van der Waals surface area (Å²) in [7, 11) is 0. The van der Waals surface area contributed by atoms with Gasteiger partial charge in [0.1, 0.15) is 6.04 Å². The number of nitrogens with two attached hydrogens (primary N) is 1. The molecular formula is C10H19N3O2S. The first-order valence-electron chi connectivity index (χ1n) is 5.19. The van der Waals surface area contributed by atoms with E-state index in [2.05, 4.69) is 17.2 Å². The van der Waals surface area contributed by atoms with Crippen LogP contribution in [0.25, 0.3) is 0 Å². The lowest BCUT2D eigenvalue weighted by molar-refractivity contribution is -0.138. The molecule has 5 N–H and O–H groups in total. The monoisotopic (exact) mass is 253 g/mol. The molecule has 0 heterocycles. The number of carboxylic acids is 1. The Morgan fingerprint density at radius 3 is 2.75 bits per heavy atom. The van der Waals surface area contributed by atoms with Crippen molar-refractivity contribution in [3.8, 4) is 0 Å². The molecule has 6 heteroatoms. The van der Waals surface area contributed by atoms with Gasteiger partial charge in [-0.2, -0.15) is 0 Å². The summed E-state index contributed by atoms with van der Waals surface area (Å²) in [5.41, 5.74) is 5.36. The molecule has 0 aliphatic carbocycles. The van der Waals surface area contributed by atoms with Gasteiger partial charge in [0.05, 0.1) is 0 Å². The quantitative estimate of drug-likeness (QED) is 0.163. The summed E-state index contributed by atoms with van der Waals surface area (Å²) in [6.07, 6.45) is 3.82. The van der Waals surface area contributed by atoms with Gasteiger partial charge in [-0.05, 0) is 31.5 Å². The summed E-state index contributed by atoms with van der Waals surface area (Å²) in [6, 6.07) is -0.758. The lowest BCUT2D eigenvalue weighted by atomic mass is 10.6. The highest BCUT2D eigenvalue weighted by Gasteiger charge is 2.09. The summed E-state index contributed by atoms with van der Waals surface area (Å²) in [5, 5.41) is 15.1. The predicted octanol–water partition coefficient (Wildman–Crippen LogP) is 0.219. The molecule has 0 aliphatic heterocycles. The molecule has 0 spiro atoms. The van der Waals surface area contributed by atoms with E-state index < -0.39 is 12.0 Å². The van der Waals surface area contributed by atoms with E-state index in [1.54, 1.807) is 6.08 Å². The molecule has 1 atom stereocenters. The summed E-state index contributed by atoms with van der Waals surface area (Å²) >= 11 is 4.97. The van der Waals surface area contributed by atoms with Gasteiger partial charge in [0.2, 0.25) is 0 Å². The van der Waals surface area contributed by atoms with Crippen molar-refractivity contribution in [2.75, 3.05) is 13.1 Å². The van der Waals surface area contributed by atoms with E-state index in [-0.39, 0.29) is 0 Å². The molecule has 0 amide bonds. The summed E-state index contributed by atoms with van der Waals surface area (Å²) in [5.74, 6) is -0.948. The zero-order valence-electron chi connectivity index (χ0n) is 9.24. The van der Waals surface area contributed by atoms with Gasteiger partial charge >= 0.3 is 5.97 Å². The molecular weight excluding hydrogens is 234 g/mol. The SMILES string of the molecule is C=CCNC(=S)[15NH][13CH2][13CH2][13CH2][13CH2][13C@H]([15NH2])[13C](=O)O. The standard InChI is InChI=1S/C10H19N3O2S/c1-2-6-12-10(16)13-7-4-3-5-8(11)9(14)15/h2,8H,1,3-7,11H2,(H,14,15)(H2,12,13,16)/t8-/m0/s1/i3+1,4+1,5+1,7+1,8+1,9+1,11+1,13+1. The lowest BCUT2D eigenvalue weighted by Gasteiger charge is -2.09. The first-order chi connectivity index (χ1) is 7.57. The minimum Gasteiger partial charge on any atom is -0.480 e. The molecule has 0 aromatic rings. The third kappa shape index (κ3) is 8.19. The molecule has 0 radical (unpaired) electrons. The smallest absolute Gasteiger partial charge is 0.320 e. The maximum atomic E-state index is 10.4. The fraction of sp³-hybridized carbons (Fsp3) is 0.600. The molecule has 0 aliphatic rings. The van der Waals surface area contributed by atoms with Crippen molar-refractivity contribution < 1.29 is 9.90 Å². The highest BCUT2D eigenvalue weighted by atomic mass is 32.1. The van der Waals surface area contributed by atoms with Crippen LogP contribution in [0.3, 0.4) is 0 Å². The van der Waals surface area contributed by atoms with E-state index in [0.717, 1.165) is 19.4 Å². The second kappa shape index (κ2) is 9.11. The number of carbonyl (C=O) groups is 1. The van der Waals surface area contributed by atoms with Crippen molar-refractivity contribution in [3.63, 3.8) is 0 Å². The maximum Gasteiger partial charge on any atom is 0.320 e. The van der Waals surface area contributed by atoms with Gasteiger partial charge < -0.3 is 21.5 Å². The van der Waals surface area contributed by atoms with Gasteiger partial charge in [-0.25, -0.2) is 0 Å². The van der Waals surface area contributed by atoms with Gasteiger partial charge in [-0.3, -0.25) is 4.79 Å². The van der Waals surface area contributed by atoms with Crippen molar-refractivity contribution >= 4 is 23.3 Å². The van der Waals surface area contributed by atoms with E-state index in [1.807, 2.05) is 0 Å². The van der Waals surface area contributed by atoms with Crippen LogP contribution in [0.2, 0.25) is 0 Å². The van der Waals surface area contributed by atoms with Gasteiger partial charge in [-0.15, -0.1) is 6.58 Å². The van der Waals surface area contributed by atoms with Crippen molar-refractivity contribution in [1.29, 1.82) is 0 Å². The largest absolute Gasteiger partial charge is 0.480 e. The Hall–Kier alpha value is -1.14. The van der Waals surface area contributed by atoms with Gasteiger partial charge in [0.15, 0.2) is 5.11 Å². The number of rotatable bonds is 8. The molecule has 0 unspecified atom stereocenters. The van der Waals surface area contributed by atoms with Gasteiger partial charge in [0, 0.05) is 13.1 Å². The normalized spacial score (nSPS) is 11.6. The molecule has 0 aromatic heterocycles. The van der Waals surface area contributed by atoms with Crippen molar-refractivity contribution in [2.24, 2.45) is 5.73 Å². The van der Waals surface area contributed by atoms with E-state index >= 15 is 0 Å². The number of hydrogen-bond acceptors (Lipinski definition) is 3. The van der Waals surface area contributed by atoms with Crippen molar-refractivity contribution in [3.05, 3.63) is 12.7 Å². The Morgan fingerprint density at radius 1 is 1.50 bits per heavy atom. The van der Waals surface area contributed by atoms with E-state index in [9.17, 15) is 4.79 Å². The van der Waals surface area contributed by atoms with Crippen LogP contribution in [-0.4, -0.2) is 35.3 Å². The fourth-order valence-corrected chi connectivity index (χ4v) is 1.23. The third-order valence-corrected chi connectivity index (χ3v) is 2.24. The van der Waals surface area contributed by atoms with Crippen LogP contribution in [0.1, 0.15) is 19.3 Å². The molecule has 0 fully saturated rings. The molecule has 0 aromatic carbocycles. The van der Waals surface area contributed by atoms with Crippen LogP contribution in [0.15, 0.2) is 12.7 Å². The van der Waals surface area contributed by atoms with Crippen molar-refractivity contribution in [1.82, 2.24) is 10.6 Å². The number of hydrogen-bond donors (Lipinski definition) is 4. The first-order valence-corrected chi connectivity index (χ1v) is 5.59. The van der Waals surface area contributed by atoms with Crippen molar-refractivity contribution in [2.45, 2.75) is 25.3 Å². The molecule has 0 saturated heterocycles. The zero-order valence-corrected chi connectivity index (χ0v) is 10.1. The Balaban J connectivity index is 3.36. The highest BCUT2D eigenvalue weighted by Crippen LogP contribution is 1.98. The minimum absolute atomic E-state index is 0.490. The molecule has 0 saturated carbocycles. The summed E-state index contributed by atoms with van der Waals surface area (Å²) < 4.78 is 0. The minimum atomic E-state index is -0.948. The van der Waals surface area contributed by atoms with Crippen LogP contribution in [-0.2, 0) is 4.79 Å². The van der Waals surface area contributed by atoms with Crippen LogP contribution < -0.4 is 16.4 Å². The van der Waals surface area contributed by atoms with Crippen LogP contribution in [0.4, 0.5) is 0 Å². The maximum absolute atomic E-state index is 10.4. The van der Waals surface area contributed by atoms with Crippen LogP contribution in [0.5, 0.6) is 0 Å². The van der Waals surface area contributed by atoms with Crippen LogP contribution >= 0.6 is 12.2 Å². The van der Waals surface area contributed by atoms with E-state index in [4.69, 9.17) is 23.1 Å². The van der Waals surface area contributed by atoms with E-state index in [1.165, 1.54) is 0 Å². The Kier molecular flexibility index (Phi) is 8.46. The number of aliphatic carboxylic acids is 1. The highest BCUT2D eigenvalue weighted by molar-refractivity contribution is 7.80. The zero-order chi connectivity index (χ0) is 12.4. The number of thiocarbonyl (C=S) groups is 1. The van der Waals surface area contributed by atoms with E-state index in [0.29, 0.717) is 18.1 Å². The van der Waals surface area contributed by atoms with Gasteiger partial charge in [-0.1, -0.05) is 6.08 Å². The first kappa shape index (κ1) is 14.9. The van der Waals surface area contributed by atoms with Crippen LogP contribution in [0, 0.1) is 0 Å². The third-order valence-electron chi connectivity index (χ3n) is 1.95. The number of nitrogens with one attached hydrogen (secondary N) is 2. The second-order valence-electron chi connectivity index (χ2n) is 3.37. The second-order valence-corrected chi connectivity index (χ2v) is 3.77. The van der Waals surface area contributed by atoms with Gasteiger partial charge in [0.25, 0.3) is 0 Å². The Bertz CT molecular complexity index is 246. The molecule has 0 bridgehead atoms. The number of unbranched alkanes of at least 4 members (excludes halogenated alkanes) is 1. The summed E-state index contributed by atoms with van der Waals surface area (Å²) in [4.78, 5) is 10.4. The molecule has 16 heavy (non-hydrogen) atoms. The topological polar surface area (TPSA) is 87.4 Å². The average molecular weight is 253 g/mol. The molecule has 92 valence electrons. The Labute approximate surface area is 101 Å². The summed E-state index contributed by atoms with van der Waals surface area (Å²) in [6.45, 7) is 4.91. The Morgan fingerprint density at radius 2 is 2.19 bits per heavy atom. The molecule has 0 rings (SSSR count). The lowest BCUT2D eigenvalue weighted by Crippen LogP contribution is -2.36. The fourth-order valence-electron chi connectivity index (χ4n) is 1.04. The predicted molar refractivity (Wildman–Crippen MR) is 68.3 cm³/mol. The number of carboxylic acid groups (broad SMARTS) is 1. The molecule has 5 nitrogen and oxygen atoms in total. The average Bonchev–Trinajstić information content (AvgIpc) is 2.25.